The summed E-state index contributed by atoms with van der Waals surface area (Å²) in [5, 5.41) is 31.8. The lowest BCUT2D eigenvalue weighted by molar-refractivity contribution is -0.192. The number of urea groups is 2. The molecule has 1 saturated carbocycles. The van der Waals surface area contributed by atoms with Gasteiger partial charge in [0.25, 0.3) is 0 Å². The van der Waals surface area contributed by atoms with Gasteiger partial charge in [0, 0.05) is 18.7 Å². The molecule has 0 aromatic carbocycles. The molecule has 3 saturated heterocycles. The highest BCUT2D eigenvalue weighted by Gasteiger charge is 2.52. The second-order valence-corrected chi connectivity index (χ2v) is 9.45. The van der Waals surface area contributed by atoms with Crippen LogP contribution in [-0.4, -0.2) is 93.9 Å². The molecule has 4 fully saturated rings. The van der Waals surface area contributed by atoms with E-state index in [0.29, 0.717) is 17.0 Å². The minimum atomic E-state index is -4.78. The van der Waals surface area contributed by atoms with Crippen molar-refractivity contribution in [2.24, 2.45) is 11.8 Å². The van der Waals surface area contributed by atoms with E-state index < -0.39 is 72.9 Å². The Kier molecular flexibility index (Phi) is 10.5. The predicted molar refractivity (Wildman–Crippen MR) is 123 cm³/mol. The third kappa shape index (κ3) is 7.44. The first-order valence-electron chi connectivity index (χ1n) is 11.3. The van der Waals surface area contributed by atoms with Crippen LogP contribution in [0.15, 0.2) is 0 Å². The molecule has 6 amide bonds. The van der Waals surface area contributed by atoms with Crippen molar-refractivity contribution < 1.29 is 47.3 Å². The maximum absolute atomic E-state index is 12.7. The van der Waals surface area contributed by atoms with Crippen LogP contribution in [0.3, 0.4) is 0 Å². The van der Waals surface area contributed by atoms with Gasteiger partial charge >= 0.3 is 18.2 Å². The fraction of sp³-hybridized carbons (Fsp3) is 0.750. The van der Waals surface area contributed by atoms with Gasteiger partial charge in [-0.3, -0.25) is 25.1 Å². The van der Waals surface area contributed by atoms with Crippen molar-refractivity contribution in [3.63, 3.8) is 0 Å². The van der Waals surface area contributed by atoms with Gasteiger partial charge in [-0.25, -0.2) is 9.59 Å². The highest BCUT2D eigenvalue weighted by molar-refractivity contribution is 6.33. The number of hydrogen-bond donors (Lipinski definition) is 6. The van der Waals surface area contributed by atoms with Crippen molar-refractivity contribution >= 4 is 53.6 Å². The zero-order valence-electron chi connectivity index (χ0n) is 19.3. The first kappa shape index (κ1) is 31.0. The van der Waals surface area contributed by atoms with Gasteiger partial charge in [-0.05, 0) is 31.6 Å². The van der Waals surface area contributed by atoms with Gasteiger partial charge < -0.3 is 25.7 Å². The average Bonchev–Trinajstić information content (AvgIpc) is 3.36. The van der Waals surface area contributed by atoms with E-state index in [1.807, 2.05) is 0 Å². The molecular formula is C20H28Cl2F3N5O7. The summed E-state index contributed by atoms with van der Waals surface area (Å²) in [4.78, 5) is 45.9. The normalized spacial score (nSPS) is 34.2. The number of nitrogens with one attached hydrogen (secondary N) is 4. The van der Waals surface area contributed by atoms with Crippen LogP contribution in [0.1, 0.15) is 32.1 Å². The molecule has 0 aromatic heterocycles. The van der Waals surface area contributed by atoms with Gasteiger partial charge in [0.15, 0.2) is 5.92 Å². The number of amides is 6. The fourth-order valence-corrected chi connectivity index (χ4v) is 4.72. The molecule has 1 aliphatic carbocycles. The van der Waals surface area contributed by atoms with E-state index in [-0.39, 0.29) is 30.8 Å². The summed E-state index contributed by atoms with van der Waals surface area (Å²) in [6.45, 7) is -1.39. The van der Waals surface area contributed by atoms with Crippen molar-refractivity contribution in [3.8, 4) is 0 Å². The summed E-state index contributed by atoms with van der Waals surface area (Å²) >= 11 is 5.93. The monoisotopic (exact) mass is 577 g/mol. The summed E-state index contributed by atoms with van der Waals surface area (Å²) < 4.78 is 43.1. The number of nitrogens with zero attached hydrogens (tertiary/aromatic N) is 1. The summed E-state index contributed by atoms with van der Waals surface area (Å²) in [5.41, 5.74) is 0.712. The SMILES string of the molecule is Cl.N=C1CCCC1CC1NC(=O)NC(=O)C1Cl.O=C1NC(=O)N(C2CC(O)C(CO)O2)CC1C(F)(F)F. The number of alkyl halides is 4. The maximum atomic E-state index is 12.7. The van der Waals surface area contributed by atoms with Gasteiger partial charge in [-0.2, -0.15) is 13.2 Å². The minimum Gasteiger partial charge on any atom is -0.394 e. The molecule has 0 radical (unpaired) electrons. The largest absolute Gasteiger partial charge is 0.402 e. The number of carbonyl (C=O) groups excluding carboxylic acids is 4. The Bertz CT molecular complexity index is 912. The summed E-state index contributed by atoms with van der Waals surface area (Å²) in [7, 11) is 0. The Labute approximate surface area is 220 Å². The number of rotatable bonds is 4. The molecule has 4 aliphatic rings. The second kappa shape index (κ2) is 12.6. The third-order valence-corrected chi connectivity index (χ3v) is 7.00. The van der Waals surface area contributed by atoms with Crippen LogP contribution >= 0.6 is 24.0 Å². The van der Waals surface area contributed by atoms with E-state index in [1.165, 1.54) is 0 Å². The number of carbonyl (C=O) groups is 4. The molecule has 12 nitrogen and oxygen atoms in total. The van der Waals surface area contributed by atoms with Crippen molar-refractivity contribution in [1.82, 2.24) is 20.9 Å². The zero-order chi connectivity index (χ0) is 26.8. The van der Waals surface area contributed by atoms with Crippen LogP contribution in [0.2, 0.25) is 0 Å². The Balaban J connectivity index is 0.000000259. The number of aliphatic hydroxyl groups excluding tert-OH is 2. The Morgan fingerprint density at radius 2 is 1.84 bits per heavy atom. The molecule has 37 heavy (non-hydrogen) atoms. The maximum Gasteiger partial charge on any atom is 0.402 e. The molecule has 6 N–H and O–H groups in total. The van der Waals surface area contributed by atoms with Gasteiger partial charge in [0.1, 0.15) is 17.7 Å². The van der Waals surface area contributed by atoms with Gasteiger partial charge in [-0.15, -0.1) is 24.0 Å². The molecular weight excluding hydrogens is 550 g/mol. The number of imide groups is 2. The number of hydrogen-bond acceptors (Lipinski definition) is 8. The second-order valence-electron chi connectivity index (χ2n) is 8.98. The topological polar surface area (TPSA) is 181 Å². The van der Waals surface area contributed by atoms with Crippen LogP contribution in [-0.2, 0) is 14.3 Å². The van der Waals surface area contributed by atoms with Crippen molar-refractivity contribution in [3.05, 3.63) is 0 Å². The molecule has 7 atom stereocenters. The van der Waals surface area contributed by atoms with E-state index in [1.54, 1.807) is 5.32 Å². The number of aliphatic hydroxyl groups is 2. The molecule has 210 valence electrons. The summed E-state index contributed by atoms with van der Waals surface area (Å²) in [6.07, 6.45) is -4.68. The highest BCUT2D eigenvalue weighted by atomic mass is 35.5. The van der Waals surface area contributed by atoms with Gasteiger partial charge in [-0.1, -0.05) is 0 Å². The van der Waals surface area contributed by atoms with Gasteiger partial charge in [0.05, 0.1) is 18.8 Å². The Morgan fingerprint density at radius 3 is 2.38 bits per heavy atom. The lowest BCUT2D eigenvalue weighted by Gasteiger charge is -2.36. The number of halogens is 5. The van der Waals surface area contributed by atoms with Crippen LogP contribution in [0.25, 0.3) is 0 Å². The average molecular weight is 578 g/mol. The van der Waals surface area contributed by atoms with Crippen LogP contribution in [0, 0.1) is 17.2 Å². The van der Waals surface area contributed by atoms with E-state index >= 15 is 0 Å². The minimum absolute atomic E-state index is 0. The van der Waals surface area contributed by atoms with Crippen molar-refractivity contribution in [2.45, 2.75) is 68.1 Å². The molecule has 3 heterocycles. The van der Waals surface area contributed by atoms with Gasteiger partial charge in [0.2, 0.25) is 11.8 Å². The molecule has 0 bridgehead atoms. The fourth-order valence-electron chi connectivity index (χ4n) is 4.50. The summed E-state index contributed by atoms with van der Waals surface area (Å²) in [5.74, 6) is -4.03. The highest BCUT2D eigenvalue weighted by Crippen LogP contribution is 2.32. The van der Waals surface area contributed by atoms with Crippen LogP contribution in [0.4, 0.5) is 22.8 Å². The van der Waals surface area contributed by atoms with Crippen molar-refractivity contribution in [1.29, 1.82) is 5.41 Å². The first-order chi connectivity index (χ1) is 16.8. The van der Waals surface area contributed by atoms with E-state index in [9.17, 15) is 37.5 Å². The van der Waals surface area contributed by atoms with E-state index in [0.717, 1.165) is 19.3 Å². The Hall–Kier alpha value is -2.20. The molecule has 17 heteroatoms. The lowest BCUT2D eigenvalue weighted by Crippen LogP contribution is -2.60. The molecule has 7 unspecified atom stereocenters. The third-order valence-electron chi connectivity index (χ3n) is 6.50. The quantitative estimate of drug-likeness (QED) is 0.265. The Morgan fingerprint density at radius 1 is 1.16 bits per heavy atom. The summed E-state index contributed by atoms with van der Waals surface area (Å²) in [6, 6.07) is -1.85. The number of ether oxygens (including phenoxy) is 1. The van der Waals surface area contributed by atoms with E-state index in [4.69, 9.17) is 26.9 Å². The standard InChI is InChI=1S/C10H14ClN3O2.C10H13F3N2O5.ClH/c11-8-7(13-10(16)14-9(8)15)4-5-2-1-3-6(5)12;11-10(12,13)4-2-15(9(19)14-8(4)18)7-1-5(17)6(3-16)20-7;/h5,7-8,12H,1-4H2,(H2,13,14,15,16);4-7,16-17H,1-3H2,(H,14,18,19);1H. The van der Waals surface area contributed by atoms with Crippen molar-refractivity contribution in [2.75, 3.05) is 13.2 Å². The predicted octanol–water partition coefficient (Wildman–Crippen LogP) is 0.618. The van der Waals surface area contributed by atoms with E-state index in [2.05, 4.69) is 10.6 Å². The lowest BCUT2D eigenvalue weighted by atomic mass is 9.94. The van der Waals surface area contributed by atoms with Crippen LogP contribution < -0.4 is 16.0 Å². The zero-order valence-corrected chi connectivity index (χ0v) is 20.9. The molecule has 0 aromatic rings. The van der Waals surface area contributed by atoms with Crippen LogP contribution in [0.5, 0.6) is 0 Å². The molecule has 3 aliphatic heterocycles. The smallest absolute Gasteiger partial charge is 0.394 e. The molecule has 4 rings (SSSR count). The molecule has 0 spiro atoms. The first-order valence-corrected chi connectivity index (χ1v) is 11.7.